The maximum Gasteiger partial charge on any atom is 0.312 e. The van der Waals surface area contributed by atoms with Gasteiger partial charge in [0, 0.05) is 12.6 Å². The first kappa shape index (κ1) is 12.1. The Labute approximate surface area is 102 Å². The van der Waals surface area contributed by atoms with Crippen molar-refractivity contribution in [3.8, 4) is 0 Å². The molecule has 1 aliphatic rings. The Morgan fingerprint density at radius 3 is 2.53 bits per heavy atom. The van der Waals surface area contributed by atoms with Crippen LogP contribution in [-0.2, 0) is 4.79 Å². The summed E-state index contributed by atoms with van der Waals surface area (Å²) in [6.45, 7) is 3.66. The lowest BCUT2D eigenvalue weighted by Gasteiger charge is -2.24. The van der Waals surface area contributed by atoms with Gasteiger partial charge in [0.05, 0.1) is 5.92 Å². The molecule has 3 nitrogen and oxygen atoms in total. The Kier molecular flexibility index (Phi) is 3.79. The molecule has 92 valence electrons. The van der Waals surface area contributed by atoms with Gasteiger partial charge in [-0.3, -0.25) is 9.69 Å². The molecule has 0 amide bonds. The lowest BCUT2D eigenvalue weighted by atomic mass is 9.98. The summed E-state index contributed by atoms with van der Waals surface area (Å²) in [5.74, 6) is -1.13. The smallest absolute Gasteiger partial charge is 0.312 e. The van der Waals surface area contributed by atoms with Gasteiger partial charge in [-0.1, -0.05) is 37.3 Å². The van der Waals surface area contributed by atoms with Crippen LogP contribution < -0.4 is 0 Å². The molecule has 2 rings (SSSR count). The van der Waals surface area contributed by atoms with Crippen LogP contribution in [0.15, 0.2) is 30.3 Å². The second-order valence-corrected chi connectivity index (χ2v) is 4.62. The Balaban J connectivity index is 2.09. The first-order valence-corrected chi connectivity index (χ1v) is 6.24. The van der Waals surface area contributed by atoms with Crippen LogP contribution in [0.4, 0.5) is 0 Å². The number of hydrogen-bond donors (Lipinski definition) is 1. The van der Waals surface area contributed by atoms with E-state index in [0.717, 1.165) is 12.1 Å². The summed E-state index contributed by atoms with van der Waals surface area (Å²) in [6, 6.07) is 10.1. The summed E-state index contributed by atoms with van der Waals surface area (Å²) in [4.78, 5) is 13.7. The third-order valence-corrected chi connectivity index (χ3v) is 3.39. The van der Waals surface area contributed by atoms with Crippen molar-refractivity contribution >= 4 is 5.97 Å². The Morgan fingerprint density at radius 2 is 2.06 bits per heavy atom. The lowest BCUT2D eigenvalue weighted by molar-refractivity contribution is -0.139. The van der Waals surface area contributed by atoms with Crippen LogP contribution >= 0.6 is 0 Å². The average Bonchev–Trinajstić information content (AvgIpc) is 3.15. The molecule has 0 aromatic heterocycles. The van der Waals surface area contributed by atoms with Gasteiger partial charge in [0.25, 0.3) is 0 Å². The van der Waals surface area contributed by atoms with E-state index < -0.39 is 11.9 Å². The maximum absolute atomic E-state index is 11.4. The van der Waals surface area contributed by atoms with Gasteiger partial charge in [-0.25, -0.2) is 0 Å². The molecule has 0 bridgehead atoms. The van der Waals surface area contributed by atoms with Crippen molar-refractivity contribution < 1.29 is 9.90 Å². The summed E-state index contributed by atoms with van der Waals surface area (Å²) >= 11 is 0. The molecule has 1 fully saturated rings. The van der Waals surface area contributed by atoms with Gasteiger partial charge in [0.2, 0.25) is 0 Å². The number of benzene rings is 1. The number of carboxylic acid groups (broad SMARTS) is 1. The predicted octanol–water partition coefficient (Wildman–Crippen LogP) is 2.34. The Hall–Kier alpha value is -1.35. The minimum absolute atomic E-state index is 0.406. The molecule has 1 N–H and O–H groups in total. The predicted molar refractivity (Wildman–Crippen MR) is 67.1 cm³/mol. The van der Waals surface area contributed by atoms with E-state index in [4.69, 9.17) is 0 Å². The van der Waals surface area contributed by atoms with E-state index in [2.05, 4.69) is 11.8 Å². The van der Waals surface area contributed by atoms with E-state index in [1.54, 1.807) is 0 Å². The van der Waals surface area contributed by atoms with Crippen LogP contribution in [0.2, 0.25) is 0 Å². The van der Waals surface area contributed by atoms with Crippen molar-refractivity contribution in [2.75, 3.05) is 13.1 Å². The van der Waals surface area contributed by atoms with E-state index in [-0.39, 0.29) is 0 Å². The highest BCUT2D eigenvalue weighted by molar-refractivity contribution is 5.76. The summed E-state index contributed by atoms with van der Waals surface area (Å²) in [7, 11) is 0. The van der Waals surface area contributed by atoms with E-state index in [0.29, 0.717) is 12.6 Å². The van der Waals surface area contributed by atoms with Gasteiger partial charge < -0.3 is 5.11 Å². The Bertz CT molecular complexity index is 373. The van der Waals surface area contributed by atoms with Crippen LogP contribution in [0.25, 0.3) is 0 Å². The quantitative estimate of drug-likeness (QED) is 0.820. The van der Waals surface area contributed by atoms with Gasteiger partial charge in [-0.05, 0) is 24.9 Å². The van der Waals surface area contributed by atoms with Crippen molar-refractivity contribution in [2.24, 2.45) is 0 Å². The van der Waals surface area contributed by atoms with Crippen LogP contribution in [0, 0.1) is 0 Å². The third kappa shape index (κ3) is 3.07. The molecule has 0 heterocycles. The van der Waals surface area contributed by atoms with Crippen LogP contribution in [0.5, 0.6) is 0 Å². The normalized spacial score (nSPS) is 17.1. The van der Waals surface area contributed by atoms with Gasteiger partial charge in [0.1, 0.15) is 0 Å². The summed E-state index contributed by atoms with van der Waals surface area (Å²) < 4.78 is 0. The average molecular weight is 233 g/mol. The minimum atomic E-state index is -0.727. The monoisotopic (exact) mass is 233 g/mol. The zero-order valence-electron chi connectivity index (χ0n) is 10.2. The van der Waals surface area contributed by atoms with Crippen molar-refractivity contribution in [1.82, 2.24) is 4.90 Å². The summed E-state index contributed by atoms with van der Waals surface area (Å²) in [5, 5.41) is 9.35. The van der Waals surface area contributed by atoms with E-state index in [1.165, 1.54) is 12.8 Å². The first-order valence-electron chi connectivity index (χ1n) is 6.24. The Morgan fingerprint density at radius 1 is 1.41 bits per heavy atom. The molecule has 1 aliphatic carbocycles. The van der Waals surface area contributed by atoms with Gasteiger partial charge in [-0.15, -0.1) is 0 Å². The number of carbonyl (C=O) groups is 1. The number of nitrogens with zero attached hydrogens (tertiary/aromatic N) is 1. The van der Waals surface area contributed by atoms with E-state index in [1.807, 2.05) is 30.3 Å². The molecule has 1 aromatic carbocycles. The van der Waals surface area contributed by atoms with Crippen molar-refractivity contribution in [3.63, 3.8) is 0 Å². The molecule has 17 heavy (non-hydrogen) atoms. The lowest BCUT2D eigenvalue weighted by Crippen LogP contribution is -2.33. The molecule has 0 aliphatic heterocycles. The molecular formula is C14H19NO2. The molecule has 0 saturated heterocycles. The third-order valence-electron chi connectivity index (χ3n) is 3.39. The number of likely N-dealkylation sites (N-methyl/N-ethyl adjacent to an activating group) is 1. The highest BCUT2D eigenvalue weighted by Gasteiger charge is 2.31. The molecule has 1 atom stereocenters. The largest absolute Gasteiger partial charge is 0.481 e. The van der Waals surface area contributed by atoms with E-state index >= 15 is 0 Å². The maximum atomic E-state index is 11.4. The standard InChI is InChI=1S/C14H19NO2/c1-2-15(12-8-9-12)10-13(14(16)17)11-6-4-3-5-7-11/h3-7,12-13H,2,8-10H2,1H3,(H,16,17). The molecule has 1 unspecified atom stereocenters. The first-order chi connectivity index (χ1) is 8.22. The molecular weight excluding hydrogens is 214 g/mol. The second-order valence-electron chi connectivity index (χ2n) is 4.62. The molecule has 1 saturated carbocycles. The zero-order valence-corrected chi connectivity index (χ0v) is 10.2. The molecule has 0 spiro atoms. The molecule has 0 radical (unpaired) electrons. The number of aliphatic carboxylic acids is 1. The highest BCUT2D eigenvalue weighted by Crippen LogP contribution is 2.29. The van der Waals surface area contributed by atoms with Crippen LogP contribution in [0.1, 0.15) is 31.2 Å². The number of carboxylic acids is 1. The fraction of sp³-hybridized carbons (Fsp3) is 0.500. The van der Waals surface area contributed by atoms with Crippen molar-refractivity contribution in [1.29, 1.82) is 0 Å². The molecule has 3 heteroatoms. The van der Waals surface area contributed by atoms with Crippen LogP contribution in [0.3, 0.4) is 0 Å². The highest BCUT2D eigenvalue weighted by atomic mass is 16.4. The van der Waals surface area contributed by atoms with Crippen LogP contribution in [-0.4, -0.2) is 35.1 Å². The fourth-order valence-corrected chi connectivity index (χ4v) is 2.22. The number of rotatable bonds is 6. The summed E-state index contributed by atoms with van der Waals surface area (Å²) in [6.07, 6.45) is 2.43. The zero-order chi connectivity index (χ0) is 12.3. The summed E-state index contributed by atoms with van der Waals surface area (Å²) in [5.41, 5.74) is 0.902. The second kappa shape index (κ2) is 5.32. The number of hydrogen-bond acceptors (Lipinski definition) is 2. The molecule has 1 aromatic rings. The van der Waals surface area contributed by atoms with E-state index in [9.17, 15) is 9.90 Å². The SMILES string of the molecule is CCN(CC(C(=O)O)c1ccccc1)C1CC1. The fourth-order valence-electron chi connectivity index (χ4n) is 2.22. The minimum Gasteiger partial charge on any atom is -0.481 e. The van der Waals surface area contributed by atoms with Gasteiger partial charge in [-0.2, -0.15) is 0 Å². The topological polar surface area (TPSA) is 40.5 Å². The van der Waals surface area contributed by atoms with Gasteiger partial charge >= 0.3 is 5.97 Å². The van der Waals surface area contributed by atoms with Gasteiger partial charge in [0.15, 0.2) is 0 Å². The van der Waals surface area contributed by atoms with Crippen molar-refractivity contribution in [2.45, 2.75) is 31.7 Å². The van der Waals surface area contributed by atoms with Crippen molar-refractivity contribution in [3.05, 3.63) is 35.9 Å².